The van der Waals surface area contributed by atoms with Gasteiger partial charge in [-0.3, -0.25) is 9.59 Å². The lowest BCUT2D eigenvalue weighted by atomic mass is 10.2. The molecule has 0 saturated carbocycles. The molecule has 0 aliphatic carbocycles. The predicted octanol–water partition coefficient (Wildman–Crippen LogP) is 1.99. The van der Waals surface area contributed by atoms with Crippen molar-refractivity contribution in [2.75, 3.05) is 11.9 Å². The third-order valence-corrected chi connectivity index (χ3v) is 3.43. The van der Waals surface area contributed by atoms with E-state index in [2.05, 4.69) is 10.3 Å². The lowest BCUT2D eigenvalue weighted by molar-refractivity contribution is -0.119. The average Bonchev–Trinajstić information content (AvgIpc) is 3.16. The van der Waals surface area contributed by atoms with E-state index in [-0.39, 0.29) is 12.5 Å². The molecule has 7 nitrogen and oxygen atoms in total. The number of carbonyl (C=O) groups excluding carboxylic acids is 2. The number of benzene rings is 2. The fraction of sp³-hybridized carbons (Fsp3) is 0.0556. The van der Waals surface area contributed by atoms with Crippen LogP contribution in [0.5, 0.6) is 5.75 Å². The first kappa shape index (κ1) is 16.3. The molecule has 0 radical (unpaired) electrons. The maximum atomic E-state index is 12.3. The Kier molecular flexibility index (Phi) is 4.75. The first-order chi connectivity index (χ1) is 12.1. The Morgan fingerprint density at radius 1 is 1.08 bits per heavy atom. The standard InChI is InChI=1S/C18H16N4O3/c19-17(23)11-25-16-7-3-14(4-8-16)21-18(24)13-1-5-15(6-2-13)22-10-9-20-12-22/h1-10,12H,11H2,(H2,19,23)(H,21,24). The highest BCUT2D eigenvalue weighted by Gasteiger charge is 2.07. The van der Waals surface area contributed by atoms with Crippen LogP contribution < -0.4 is 15.8 Å². The zero-order chi connectivity index (χ0) is 17.6. The van der Waals surface area contributed by atoms with Crippen molar-refractivity contribution in [2.24, 2.45) is 5.73 Å². The molecule has 7 heteroatoms. The van der Waals surface area contributed by atoms with Crippen LogP contribution in [0.1, 0.15) is 10.4 Å². The fourth-order valence-corrected chi connectivity index (χ4v) is 2.19. The molecule has 0 atom stereocenters. The molecule has 25 heavy (non-hydrogen) atoms. The summed E-state index contributed by atoms with van der Waals surface area (Å²) in [6, 6.07) is 13.9. The largest absolute Gasteiger partial charge is 0.484 e. The van der Waals surface area contributed by atoms with Crippen LogP contribution in [-0.4, -0.2) is 28.0 Å². The number of nitrogens with zero attached hydrogens (tertiary/aromatic N) is 2. The summed E-state index contributed by atoms with van der Waals surface area (Å²) in [4.78, 5) is 27.0. The van der Waals surface area contributed by atoms with Gasteiger partial charge in [-0.1, -0.05) is 0 Å². The van der Waals surface area contributed by atoms with Crippen molar-refractivity contribution in [3.63, 3.8) is 0 Å². The van der Waals surface area contributed by atoms with E-state index < -0.39 is 5.91 Å². The summed E-state index contributed by atoms with van der Waals surface area (Å²) in [6.07, 6.45) is 5.21. The Hall–Kier alpha value is -3.61. The second-order valence-corrected chi connectivity index (χ2v) is 5.25. The van der Waals surface area contributed by atoms with Crippen molar-refractivity contribution in [3.8, 4) is 11.4 Å². The Morgan fingerprint density at radius 2 is 1.80 bits per heavy atom. The van der Waals surface area contributed by atoms with E-state index in [1.54, 1.807) is 48.9 Å². The lowest BCUT2D eigenvalue weighted by Crippen LogP contribution is -2.20. The number of carbonyl (C=O) groups is 2. The van der Waals surface area contributed by atoms with Crippen LogP contribution in [0.3, 0.4) is 0 Å². The number of ether oxygens (including phenoxy) is 1. The zero-order valence-corrected chi connectivity index (χ0v) is 13.3. The van der Waals surface area contributed by atoms with Crippen LogP contribution in [0, 0.1) is 0 Å². The summed E-state index contributed by atoms with van der Waals surface area (Å²) < 4.78 is 7.02. The maximum absolute atomic E-state index is 12.3. The van der Waals surface area contributed by atoms with Gasteiger partial charge in [-0.25, -0.2) is 4.98 Å². The number of nitrogens with one attached hydrogen (secondary N) is 1. The van der Waals surface area contributed by atoms with Crippen LogP contribution in [0.2, 0.25) is 0 Å². The molecule has 0 unspecified atom stereocenters. The molecule has 1 aromatic heterocycles. The van der Waals surface area contributed by atoms with Gasteiger partial charge in [0, 0.05) is 29.3 Å². The number of aromatic nitrogens is 2. The summed E-state index contributed by atoms with van der Waals surface area (Å²) in [5.74, 6) is -0.263. The Morgan fingerprint density at radius 3 is 2.40 bits per heavy atom. The third kappa shape index (κ3) is 4.23. The second kappa shape index (κ2) is 7.31. The SMILES string of the molecule is NC(=O)COc1ccc(NC(=O)c2ccc(-n3ccnc3)cc2)cc1. The van der Waals surface area contributed by atoms with Gasteiger partial charge in [0.05, 0.1) is 6.33 Å². The molecule has 0 bridgehead atoms. The van der Waals surface area contributed by atoms with E-state index in [9.17, 15) is 9.59 Å². The number of nitrogens with two attached hydrogens (primary N) is 1. The number of amides is 2. The molecule has 2 amide bonds. The van der Waals surface area contributed by atoms with Crippen molar-refractivity contribution in [1.29, 1.82) is 0 Å². The summed E-state index contributed by atoms with van der Waals surface area (Å²) in [5, 5.41) is 2.80. The lowest BCUT2D eigenvalue weighted by Gasteiger charge is -2.08. The molecule has 0 aliphatic heterocycles. The van der Waals surface area contributed by atoms with E-state index in [1.165, 1.54) is 0 Å². The molecule has 1 heterocycles. The maximum Gasteiger partial charge on any atom is 0.255 e. The zero-order valence-electron chi connectivity index (χ0n) is 13.3. The van der Waals surface area contributed by atoms with Gasteiger partial charge in [0.15, 0.2) is 6.61 Å². The monoisotopic (exact) mass is 336 g/mol. The van der Waals surface area contributed by atoms with Crippen LogP contribution in [0.25, 0.3) is 5.69 Å². The molecular formula is C18H16N4O3. The van der Waals surface area contributed by atoms with E-state index in [4.69, 9.17) is 10.5 Å². The first-order valence-electron chi connectivity index (χ1n) is 7.53. The van der Waals surface area contributed by atoms with E-state index >= 15 is 0 Å². The molecule has 0 fully saturated rings. The van der Waals surface area contributed by atoms with Crippen molar-refractivity contribution in [1.82, 2.24) is 9.55 Å². The normalized spacial score (nSPS) is 10.2. The molecule has 0 aliphatic rings. The van der Waals surface area contributed by atoms with Gasteiger partial charge in [0.2, 0.25) is 0 Å². The van der Waals surface area contributed by atoms with Gasteiger partial charge in [-0.2, -0.15) is 0 Å². The van der Waals surface area contributed by atoms with E-state index in [1.807, 2.05) is 22.9 Å². The van der Waals surface area contributed by atoms with Crippen molar-refractivity contribution in [2.45, 2.75) is 0 Å². The van der Waals surface area contributed by atoms with Gasteiger partial charge in [0.1, 0.15) is 5.75 Å². The smallest absolute Gasteiger partial charge is 0.255 e. The summed E-state index contributed by atoms with van der Waals surface area (Å²) in [7, 11) is 0. The number of primary amides is 1. The van der Waals surface area contributed by atoms with Gasteiger partial charge in [-0.15, -0.1) is 0 Å². The Balaban J connectivity index is 1.62. The molecule has 3 aromatic rings. The third-order valence-electron chi connectivity index (χ3n) is 3.43. The second-order valence-electron chi connectivity index (χ2n) is 5.25. The minimum Gasteiger partial charge on any atom is -0.484 e. The van der Waals surface area contributed by atoms with Gasteiger partial charge in [-0.05, 0) is 48.5 Å². The fourth-order valence-electron chi connectivity index (χ4n) is 2.19. The first-order valence-corrected chi connectivity index (χ1v) is 7.53. The molecule has 126 valence electrons. The number of anilines is 1. The number of hydrogen-bond acceptors (Lipinski definition) is 4. The highest BCUT2D eigenvalue weighted by molar-refractivity contribution is 6.04. The molecule has 2 aromatic carbocycles. The van der Waals surface area contributed by atoms with Crippen molar-refractivity contribution < 1.29 is 14.3 Å². The molecule has 0 spiro atoms. The predicted molar refractivity (Wildman–Crippen MR) is 92.6 cm³/mol. The minimum absolute atomic E-state index is 0.186. The van der Waals surface area contributed by atoms with Crippen molar-refractivity contribution in [3.05, 3.63) is 72.8 Å². The molecule has 3 N–H and O–H groups in total. The summed E-state index contributed by atoms with van der Waals surface area (Å²) >= 11 is 0. The van der Waals surface area contributed by atoms with Crippen LogP contribution in [-0.2, 0) is 4.79 Å². The molecule has 3 rings (SSSR count). The summed E-state index contributed by atoms with van der Waals surface area (Å²) in [5.41, 5.74) is 7.10. The quantitative estimate of drug-likeness (QED) is 0.719. The highest BCUT2D eigenvalue weighted by Crippen LogP contribution is 2.17. The molecule has 0 saturated heterocycles. The molecular weight excluding hydrogens is 320 g/mol. The Bertz CT molecular complexity index is 856. The number of imidazole rings is 1. The van der Waals surface area contributed by atoms with Gasteiger partial charge >= 0.3 is 0 Å². The highest BCUT2D eigenvalue weighted by atomic mass is 16.5. The minimum atomic E-state index is -0.545. The Labute approximate surface area is 144 Å². The van der Waals surface area contributed by atoms with Crippen LogP contribution in [0.15, 0.2) is 67.3 Å². The summed E-state index contributed by atoms with van der Waals surface area (Å²) in [6.45, 7) is -0.186. The average molecular weight is 336 g/mol. The van der Waals surface area contributed by atoms with E-state index in [0.29, 0.717) is 17.0 Å². The van der Waals surface area contributed by atoms with E-state index in [0.717, 1.165) is 5.69 Å². The topological polar surface area (TPSA) is 99.2 Å². The number of rotatable bonds is 6. The van der Waals surface area contributed by atoms with Crippen LogP contribution in [0.4, 0.5) is 5.69 Å². The number of hydrogen-bond donors (Lipinski definition) is 2. The van der Waals surface area contributed by atoms with Gasteiger partial charge in [0.25, 0.3) is 11.8 Å². The van der Waals surface area contributed by atoms with Gasteiger partial charge < -0.3 is 20.4 Å². The van der Waals surface area contributed by atoms with Crippen LogP contribution >= 0.6 is 0 Å². The van der Waals surface area contributed by atoms with Crippen molar-refractivity contribution >= 4 is 17.5 Å².